The lowest BCUT2D eigenvalue weighted by atomic mass is 9.96. The van der Waals surface area contributed by atoms with Gasteiger partial charge < -0.3 is 29.4 Å². The predicted molar refractivity (Wildman–Crippen MR) is 158 cm³/mol. The molecule has 5 rings (SSSR count). The van der Waals surface area contributed by atoms with Crippen LogP contribution in [0.2, 0.25) is 0 Å². The second kappa shape index (κ2) is 11.8. The highest BCUT2D eigenvalue weighted by Crippen LogP contribution is 2.44. The SMILES string of the molecule is C=C(C)/C=C(\c1cc(OC)cc(OC)c1N)N1CCOc2c(cc(Cn3ccnc3)cc2-c2cn(C)nc2C(F)(F)F)C1=O. The largest absolute Gasteiger partial charge is 0.497 e. The third-order valence-corrected chi connectivity index (χ3v) is 7.02. The van der Waals surface area contributed by atoms with Crippen molar-refractivity contribution in [3.8, 4) is 28.4 Å². The number of nitrogens with two attached hydrogens (primary N) is 1. The Balaban J connectivity index is 1.73. The van der Waals surface area contributed by atoms with E-state index in [0.29, 0.717) is 33.9 Å². The van der Waals surface area contributed by atoms with Crippen LogP contribution in [0.25, 0.3) is 16.8 Å². The van der Waals surface area contributed by atoms with E-state index in [1.54, 1.807) is 60.6 Å². The number of ether oxygens (including phenoxy) is 3. The summed E-state index contributed by atoms with van der Waals surface area (Å²) >= 11 is 0. The van der Waals surface area contributed by atoms with Crippen LogP contribution in [0.15, 0.2) is 67.4 Å². The number of methoxy groups -OCH3 is 2. The minimum absolute atomic E-state index is 0.0243. The number of rotatable bonds is 8. The van der Waals surface area contributed by atoms with E-state index in [2.05, 4.69) is 16.7 Å². The molecule has 2 N–H and O–H groups in total. The number of hydrogen-bond donors (Lipinski definition) is 1. The van der Waals surface area contributed by atoms with Gasteiger partial charge in [-0.05, 0) is 36.8 Å². The van der Waals surface area contributed by atoms with E-state index in [4.69, 9.17) is 19.9 Å². The topological polar surface area (TPSA) is 110 Å². The highest BCUT2D eigenvalue weighted by molar-refractivity contribution is 6.05. The van der Waals surface area contributed by atoms with E-state index in [1.165, 1.54) is 32.4 Å². The molecule has 0 radical (unpaired) electrons. The molecule has 10 nitrogen and oxygen atoms in total. The van der Waals surface area contributed by atoms with Gasteiger partial charge in [-0.2, -0.15) is 18.3 Å². The molecule has 0 bridgehead atoms. The average Bonchev–Trinajstić information content (AvgIpc) is 3.60. The smallest absolute Gasteiger partial charge is 0.435 e. The number of hydrogen-bond acceptors (Lipinski definition) is 7. The number of fused-ring (bicyclic) bond motifs is 1. The van der Waals surface area contributed by atoms with Gasteiger partial charge in [-0.25, -0.2) is 4.98 Å². The molecule has 2 aromatic carbocycles. The van der Waals surface area contributed by atoms with Gasteiger partial charge in [0.15, 0.2) is 5.69 Å². The quantitative estimate of drug-likeness (QED) is 0.211. The molecule has 1 amide bonds. The second-order valence-electron chi connectivity index (χ2n) is 10.3. The number of amides is 1. The Kier molecular flexibility index (Phi) is 8.13. The Hall–Kier alpha value is -5.20. The molecule has 0 saturated carbocycles. The predicted octanol–water partition coefficient (Wildman–Crippen LogP) is 5.40. The van der Waals surface area contributed by atoms with E-state index in [0.717, 1.165) is 4.68 Å². The van der Waals surface area contributed by atoms with Gasteiger partial charge in [0, 0.05) is 54.9 Å². The molecule has 0 aliphatic carbocycles. The highest BCUT2D eigenvalue weighted by Gasteiger charge is 2.39. The summed E-state index contributed by atoms with van der Waals surface area (Å²) in [5.41, 5.74) is 7.67. The average molecular weight is 609 g/mol. The number of aromatic nitrogens is 4. The number of benzene rings is 2. The number of allylic oxidation sites excluding steroid dienone is 2. The van der Waals surface area contributed by atoms with Crippen LogP contribution in [-0.2, 0) is 19.8 Å². The minimum Gasteiger partial charge on any atom is -0.497 e. The maximum atomic E-state index is 14.5. The summed E-state index contributed by atoms with van der Waals surface area (Å²) < 4.78 is 62.2. The first-order chi connectivity index (χ1) is 20.9. The summed E-state index contributed by atoms with van der Waals surface area (Å²) in [5, 5.41) is 3.68. The van der Waals surface area contributed by atoms with Crippen molar-refractivity contribution in [3.63, 3.8) is 0 Å². The Labute approximate surface area is 251 Å². The first-order valence-electron chi connectivity index (χ1n) is 13.5. The molecule has 4 aromatic rings. The van der Waals surface area contributed by atoms with Crippen molar-refractivity contribution in [3.05, 3.63) is 89.8 Å². The monoisotopic (exact) mass is 608 g/mol. The Morgan fingerprint density at radius 1 is 1.16 bits per heavy atom. The zero-order valence-electron chi connectivity index (χ0n) is 24.6. The zero-order valence-corrected chi connectivity index (χ0v) is 24.6. The van der Waals surface area contributed by atoms with Gasteiger partial charge in [-0.3, -0.25) is 9.48 Å². The van der Waals surface area contributed by atoms with Crippen molar-refractivity contribution in [2.75, 3.05) is 33.1 Å². The number of carbonyl (C=O) groups is 1. The van der Waals surface area contributed by atoms with E-state index >= 15 is 0 Å². The third kappa shape index (κ3) is 5.85. The van der Waals surface area contributed by atoms with Crippen LogP contribution in [0, 0.1) is 0 Å². The normalized spacial score (nSPS) is 13.8. The van der Waals surface area contributed by atoms with E-state index in [1.807, 2.05) is 0 Å². The summed E-state index contributed by atoms with van der Waals surface area (Å²) in [4.78, 5) is 20.0. The molecule has 230 valence electrons. The third-order valence-electron chi connectivity index (χ3n) is 7.02. The molecule has 44 heavy (non-hydrogen) atoms. The summed E-state index contributed by atoms with van der Waals surface area (Å²) in [6.45, 7) is 6.03. The number of imidazole rings is 1. The maximum Gasteiger partial charge on any atom is 0.435 e. The van der Waals surface area contributed by atoms with Crippen molar-refractivity contribution >= 4 is 17.3 Å². The van der Waals surface area contributed by atoms with Crippen molar-refractivity contribution < 1.29 is 32.2 Å². The van der Waals surface area contributed by atoms with E-state index < -0.39 is 17.8 Å². The molecule has 13 heteroatoms. The molecule has 0 spiro atoms. The molecule has 1 aliphatic heterocycles. The van der Waals surface area contributed by atoms with Gasteiger partial charge in [-0.1, -0.05) is 12.2 Å². The highest BCUT2D eigenvalue weighted by atomic mass is 19.4. The summed E-state index contributed by atoms with van der Waals surface area (Å²) in [7, 11) is 4.37. The zero-order chi connectivity index (χ0) is 31.8. The lowest BCUT2D eigenvalue weighted by Crippen LogP contribution is -2.31. The van der Waals surface area contributed by atoms with Gasteiger partial charge in [0.1, 0.15) is 23.9 Å². The fraction of sp³-hybridized carbons (Fsp3) is 0.258. The van der Waals surface area contributed by atoms with Gasteiger partial charge in [0.2, 0.25) is 0 Å². The van der Waals surface area contributed by atoms with Crippen LogP contribution in [-0.4, -0.2) is 57.5 Å². The Bertz CT molecular complexity index is 1760. The number of aryl methyl sites for hydroxylation is 1. The van der Waals surface area contributed by atoms with Gasteiger partial charge in [0.05, 0.1) is 44.0 Å². The minimum atomic E-state index is -4.75. The van der Waals surface area contributed by atoms with Crippen molar-refractivity contribution in [1.82, 2.24) is 24.2 Å². The van der Waals surface area contributed by atoms with Crippen LogP contribution >= 0.6 is 0 Å². The number of alkyl halides is 3. The van der Waals surface area contributed by atoms with E-state index in [9.17, 15) is 18.0 Å². The van der Waals surface area contributed by atoms with Crippen molar-refractivity contribution in [1.29, 1.82) is 0 Å². The Morgan fingerprint density at radius 2 is 1.91 bits per heavy atom. The van der Waals surface area contributed by atoms with Crippen LogP contribution < -0.4 is 19.9 Å². The molecular weight excluding hydrogens is 577 g/mol. The number of anilines is 1. The summed E-state index contributed by atoms with van der Waals surface area (Å²) in [6.07, 6.45) is 3.11. The number of halogens is 3. The van der Waals surface area contributed by atoms with Gasteiger partial charge >= 0.3 is 6.18 Å². The first-order valence-corrected chi connectivity index (χ1v) is 13.5. The summed E-state index contributed by atoms with van der Waals surface area (Å²) in [5.74, 6) is 0.305. The lowest BCUT2D eigenvalue weighted by molar-refractivity contribution is -0.141. The Morgan fingerprint density at radius 3 is 2.55 bits per heavy atom. The molecular formula is C31H31F3N6O4. The molecule has 0 fully saturated rings. The van der Waals surface area contributed by atoms with E-state index in [-0.39, 0.29) is 47.8 Å². The van der Waals surface area contributed by atoms with Crippen LogP contribution in [0.5, 0.6) is 17.2 Å². The lowest BCUT2D eigenvalue weighted by Gasteiger charge is -2.26. The summed E-state index contributed by atoms with van der Waals surface area (Å²) in [6, 6.07) is 6.51. The molecule has 3 heterocycles. The van der Waals surface area contributed by atoms with Gasteiger partial charge in [-0.15, -0.1) is 0 Å². The second-order valence-corrected chi connectivity index (χ2v) is 10.3. The van der Waals surface area contributed by atoms with Crippen LogP contribution in [0.3, 0.4) is 0 Å². The molecule has 2 aromatic heterocycles. The fourth-order valence-corrected chi connectivity index (χ4v) is 5.13. The standard InChI is InChI=1S/C31H31F3N6O4/c1-18(2)10-25(22-13-20(42-4)14-26(43-5)27(22)35)40-8-9-44-28-21(24-16-38(3)37-29(24)31(32,33)34)11-19(12-23(28)30(40)41)15-39-7-6-36-17-39/h6-7,10-14,16-17H,1,8-9,15,35H2,2-5H3/b25-10+. The molecule has 0 saturated heterocycles. The number of nitrogen functional groups attached to an aromatic ring is 1. The molecule has 1 aliphatic rings. The maximum absolute atomic E-state index is 14.5. The van der Waals surface area contributed by atoms with Crippen molar-refractivity contribution in [2.45, 2.75) is 19.6 Å². The van der Waals surface area contributed by atoms with Crippen LogP contribution in [0.4, 0.5) is 18.9 Å². The van der Waals surface area contributed by atoms with Gasteiger partial charge in [0.25, 0.3) is 5.91 Å². The number of nitrogens with zero attached hydrogens (tertiary/aromatic N) is 5. The fourth-order valence-electron chi connectivity index (χ4n) is 5.13. The van der Waals surface area contributed by atoms with Crippen LogP contribution in [0.1, 0.15) is 34.1 Å². The molecule has 0 atom stereocenters. The number of carbonyl (C=O) groups excluding carboxylic acids is 1. The first kappa shape index (κ1) is 30.3. The molecule has 0 unspecified atom stereocenters. The van der Waals surface area contributed by atoms with Crippen molar-refractivity contribution in [2.24, 2.45) is 7.05 Å².